The van der Waals surface area contributed by atoms with E-state index in [1.54, 1.807) is 0 Å². The van der Waals surface area contributed by atoms with Crippen molar-refractivity contribution in [3.63, 3.8) is 0 Å². The highest BCUT2D eigenvalue weighted by Gasteiger charge is 2.26. The van der Waals surface area contributed by atoms with Gasteiger partial charge in [0.15, 0.2) is 0 Å². The van der Waals surface area contributed by atoms with Gasteiger partial charge >= 0.3 is 0 Å². The molecule has 140 valence electrons. The molecule has 2 heterocycles. The normalized spacial score (nSPS) is 15.3. The van der Waals surface area contributed by atoms with Crippen molar-refractivity contribution >= 4 is 22.7 Å². The van der Waals surface area contributed by atoms with Crippen LogP contribution in [0.5, 0.6) is 0 Å². The van der Waals surface area contributed by atoms with Crippen molar-refractivity contribution in [1.29, 1.82) is 0 Å². The summed E-state index contributed by atoms with van der Waals surface area (Å²) in [7, 11) is 0. The number of fused-ring (bicyclic) bond motifs is 1. The van der Waals surface area contributed by atoms with Gasteiger partial charge in [0.2, 0.25) is 11.8 Å². The maximum absolute atomic E-state index is 12.4. The second-order valence-electron chi connectivity index (χ2n) is 7.16. The zero-order chi connectivity index (χ0) is 18.4. The average molecular weight is 355 g/mol. The molecule has 1 aliphatic rings. The van der Waals surface area contributed by atoms with Crippen molar-refractivity contribution in [2.75, 3.05) is 19.6 Å². The summed E-state index contributed by atoms with van der Waals surface area (Å²) in [4.78, 5) is 29.7. The number of para-hydroxylation sites is 1. The predicted molar refractivity (Wildman–Crippen MR) is 104 cm³/mol. The van der Waals surface area contributed by atoms with E-state index in [0.717, 1.165) is 37.6 Å². The van der Waals surface area contributed by atoms with Gasteiger partial charge in [-0.2, -0.15) is 0 Å². The quantitative estimate of drug-likeness (QED) is 0.801. The van der Waals surface area contributed by atoms with E-state index in [-0.39, 0.29) is 17.7 Å². The number of benzene rings is 1. The fraction of sp³-hybridized carbons (Fsp3) is 0.524. The smallest absolute Gasteiger partial charge is 0.223 e. The molecule has 1 aromatic carbocycles. The van der Waals surface area contributed by atoms with Gasteiger partial charge in [-0.05, 0) is 37.3 Å². The number of carbonyl (C=O) groups excluding carboxylic acids is 2. The van der Waals surface area contributed by atoms with Crippen LogP contribution >= 0.6 is 0 Å². The minimum Gasteiger partial charge on any atom is -0.361 e. The highest BCUT2D eigenvalue weighted by molar-refractivity contribution is 5.83. The standard InChI is InChI=1S/C21H29N3O2/c1-2-3-8-20(25)24-13-10-16(11-14-24)21(26)22-12-9-17-15-23-19-7-5-4-6-18(17)19/h4-7,15-16,23H,2-3,8-14H2,1H3,(H,22,26). The van der Waals surface area contributed by atoms with Crippen molar-refractivity contribution in [1.82, 2.24) is 15.2 Å². The summed E-state index contributed by atoms with van der Waals surface area (Å²) in [5.41, 5.74) is 2.37. The van der Waals surface area contributed by atoms with E-state index in [9.17, 15) is 9.59 Å². The molecule has 0 spiro atoms. The zero-order valence-electron chi connectivity index (χ0n) is 15.6. The molecule has 1 saturated heterocycles. The highest BCUT2D eigenvalue weighted by atomic mass is 16.2. The Hall–Kier alpha value is -2.30. The molecule has 5 nitrogen and oxygen atoms in total. The molecule has 2 amide bonds. The van der Waals surface area contributed by atoms with Crippen molar-refractivity contribution in [2.45, 2.75) is 45.4 Å². The average Bonchev–Trinajstić information content (AvgIpc) is 3.09. The molecule has 2 N–H and O–H groups in total. The van der Waals surface area contributed by atoms with Gasteiger partial charge in [-0.1, -0.05) is 31.5 Å². The van der Waals surface area contributed by atoms with Crippen LogP contribution < -0.4 is 5.32 Å². The van der Waals surface area contributed by atoms with E-state index in [4.69, 9.17) is 0 Å². The molecule has 0 atom stereocenters. The molecule has 5 heteroatoms. The van der Waals surface area contributed by atoms with Gasteiger partial charge < -0.3 is 15.2 Å². The molecule has 3 rings (SSSR count). The molecule has 0 bridgehead atoms. The minimum absolute atomic E-state index is 0.0354. The number of hydrogen-bond acceptors (Lipinski definition) is 2. The summed E-state index contributed by atoms with van der Waals surface area (Å²) in [5, 5.41) is 4.30. The lowest BCUT2D eigenvalue weighted by Crippen LogP contribution is -2.43. The largest absolute Gasteiger partial charge is 0.361 e. The lowest BCUT2D eigenvalue weighted by atomic mass is 9.95. The van der Waals surface area contributed by atoms with E-state index >= 15 is 0 Å². The van der Waals surface area contributed by atoms with Crippen LogP contribution in [-0.2, 0) is 16.0 Å². The zero-order valence-corrected chi connectivity index (χ0v) is 15.6. The topological polar surface area (TPSA) is 65.2 Å². The third-order valence-corrected chi connectivity index (χ3v) is 5.33. The maximum Gasteiger partial charge on any atom is 0.223 e. The van der Waals surface area contributed by atoms with Crippen LogP contribution in [0.2, 0.25) is 0 Å². The van der Waals surface area contributed by atoms with Gasteiger partial charge in [-0.15, -0.1) is 0 Å². The van der Waals surface area contributed by atoms with Crippen LogP contribution in [0.3, 0.4) is 0 Å². The molecular formula is C21H29N3O2. The Kier molecular flexibility index (Phi) is 6.31. The molecule has 0 saturated carbocycles. The Labute approximate surface area is 155 Å². The fourth-order valence-electron chi connectivity index (χ4n) is 3.68. The highest BCUT2D eigenvalue weighted by Crippen LogP contribution is 2.20. The number of nitrogens with one attached hydrogen (secondary N) is 2. The first kappa shape index (κ1) is 18.5. The monoisotopic (exact) mass is 355 g/mol. The van der Waals surface area contributed by atoms with E-state index < -0.39 is 0 Å². The number of rotatable bonds is 7. The number of hydrogen-bond donors (Lipinski definition) is 2. The Morgan fingerprint density at radius 2 is 2.00 bits per heavy atom. The lowest BCUT2D eigenvalue weighted by molar-refractivity contribution is -0.135. The van der Waals surface area contributed by atoms with E-state index in [1.807, 2.05) is 23.2 Å². The summed E-state index contributed by atoms with van der Waals surface area (Å²) < 4.78 is 0. The minimum atomic E-state index is 0.0354. The van der Waals surface area contributed by atoms with E-state index in [2.05, 4.69) is 29.4 Å². The van der Waals surface area contributed by atoms with Gasteiger partial charge in [-0.3, -0.25) is 9.59 Å². The Balaban J connectivity index is 1.41. The molecule has 0 aliphatic carbocycles. The number of unbranched alkanes of at least 4 members (excludes halogenated alkanes) is 1. The van der Waals surface area contributed by atoms with Crippen LogP contribution in [0.4, 0.5) is 0 Å². The van der Waals surface area contributed by atoms with Gasteiger partial charge in [0, 0.05) is 49.1 Å². The summed E-state index contributed by atoms with van der Waals surface area (Å²) in [5.74, 6) is 0.406. The number of aromatic amines is 1. The molecule has 1 aliphatic heterocycles. The van der Waals surface area contributed by atoms with Crippen molar-refractivity contribution in [3.05, 3.63) is 36.0 Å². The number of aromatic nitrogens is 1. The summed E-state index contributed by atoms with van der Waals surface area (Å²) in [6, 6.07) is 8.22. The fourth-order valence-corrected chi connectivity index (χ4v) is 3.68. The van der Waals surface area contributed by atoms with Crippen LogP contribution in [0.25, 0.3) is 10.9 Å². The molecule has 26 heavy (non-hydrogen) atoms. The first-order chi connectivity index (χ1) is 12.7. The van der Waals surface area contributed by atoms with E-state index in [0.29, 0.717) is 26.1 Å². The third kappa shape index (κ3) is 4.45. The summed E-state index contributed by atoms with van der Waals surface area (Å²) >= 11 is 0. The van der Waals surface area contributed by atoms with Gasteiger partial charge in [0.25, 0.3) is 0 Å². The number of carbonyl (C=O) groups is 2. The molecule has 0 unspecified atom stereocenters. The van der Waals surface area contributed by atoms with Gasteiger partial charge in [-0.25, -0.2) is 0 Å². The van der Waals surface area contributed by atoms with Crippen molar-refractivity contribution in [2.24, 2.45) is 5.92 Å². The molecule has 0 radical (unpaired) electrons. The van der Waals surface area contributed by atoms with Crippen LogP contribution in [0.15, 0.2) is 30.5 Å². The van der Waals surface area contributed by atoms with Gasteiger partial charge in [0.1, 0.15) is 0 Å². The van der Waals surface area contributed by atoms with Crippen molar-refractivity contribution < 1.29 is 9.59 Å². The number of likely N-dealkylation sites (tertiary alicyclic amines) is 1. The van der Waals surface area contributed by atoms with Crippen LogP contribution in [-0.4, -0.2) is 41.3 Å². The Morgan fingerprint density at radius 3 is 2.77 bits per heavy atom. The predicted octanol–water partition coefficient (Wildman–Crippen LogP) is 3.26. The number of H-pyrrole nitrogens is 1. The Morgan fingerprint density at radius 1 is 1.23 bits per heavy atom. The lowest BCUT2D eigenvalue weighted by Gasteiger charge is -2.31. The van der Waals surface area contributed by atoms with Gasteiger partial charge in [0.05, 0.1) is 0 Å². The second kappa shape index (κ2) is 8.88. The number of piperidine rings is 1. The van der Waals surface area contributed by atoms with Crippen molar-refractivity contribution in [3.8, 4) is 0 Å². The summed E-state index contributed by atoms with van der Waals surface area (Å²) in [6.45, 7) is 4.17. The van der Waals surface area contributed by atoms with Crippen LogP contribution in [0, 0.1) is 5.92 Å². The first-order valence-electron chi connectivity index (χ1n) is 9.79. The first-order valence-corrected chi connectivity index (χ1v) is 9.79. The van der Waals surface area contributed by atoms with Crippen LogP contribution in [0.1, 0.15) is 44.6 Å². The Bertz CT molecular complexity index is 745. The second-order valence-corrected chi connectivity index (χ2v) is 7.16. The molecular weight excluding hydrogens is 326 g/mol. The number of nitrogens with zero attached hydrogens (tertiary/aromatic N) is 1. The maximum atomic E-state index is 12.4. The third-order valence-electron chi connectivity index (χ3n) is 5.33. The molecule has 1 aromatic heterocycles. The molecule has 1 fully saturated rings. The SMILES string of the molecule is CCCCC(=O)N1CCC(C(=O)NCCc2c[nH]c3ccccc23)CC1. The van der Waals surface area contributed by atoms with E-state index in [1.165, 1.54) is 10.9 Å². The summed E-state index contributed by atoms with van der Waals surface area (Å²) in [6.07, 6.45) is 7.03. The molecule has 2 aromatic rings. The number of amides is 2.